The van der Waals surface area contributed by atoms with Crippen LogP contribution in [-0.2, 0) is 22.6 Å². The highest BCUT2D eigenvalue weighted by molar-refractivity contribution is 6.35. The highest BCUT2D eigenvalue weighted by atomic mass is 35.5. The molecule has 9 nitrogen and oxygen atoms in total. The average Bonchev–Trinajstić information content (AvgIpc) is 2.98. The Bertz CT molecular complexity index is 1450. The molecule has 0 atom stereocenters. The van der Waals surface area contributed by atoms with Crippen LogP contribution in [-0.4, -0.2) is 51.0 Å². The second-order valence-electron chi connectivity index (χ2n) is 9.92. The quantitative estimate of drug-likeness (QED) is 0.209. The Kier molecular flexibility index (Phi) is 9.61. The van der Waals surface area contributed by atoms with E-state index < -0.39 is 0 Å². The number of carbonyl (C=O) groups excluding carboxylic acids is 1. The smallest absolute Gasteiger partial charge is 0.305 e. The molecule has 1 fully saturated rings. The van der Waals surface area contributed by atoms with Gasteiger partial charge in [0.15, 0.2) is 5.75 Å². The third kappa shape index (κ3) is 8.36. The molecule has 5 rings (SSSR count). The summed E-state index contributed by atoms with van der Waals surface area (Å²) < 4.78 is 11.0. The summed E-state index contributed by atoms with van der Waals surface area (Å²) in [6.45, 7) is 3.04. The highest BCUT2D eigenvalue weighted by Crippen LogP contribution is 2.31. The molecule has 0 spiro atoms. The standard InChI is InChI=1S/C30H30Cl2N6O3/c1-40-29(39)11-20-4-7-38(8-5-20)19-22-9-27(23-12-24(31)14-25(32)13-23)37-28(10-22)41-26-17-35-30(36-18-26)34-16-21-3-2-6-33-15-21/h2-3,6,9-10,12-15,17-18,20H,4-5,7-8,11,16,19H2,1H3,(H,34,35,36). The zero-order valence-corrected chi connectivity index (χ0v) is 24.1. The Hall–Kier alpha value is -3.79. The minimum atomic E-state index is -0.148. The van der Waals surface area contributed by atoms with E-state index in [1.165, 1.54) is 7.11 Å². The molecule has 0 radical (unpaired) electrons. The number of nitrogens with zero attached hydrogens (tertiary/aromatic N) is 5. The van der Waals surface area contributed by atoms with E-state index in [0.29, 0.717) is 58.7 Å². The third-order valence-corrected chi connectivity index (χ3v) is 7.28. The summed E-state index contributed by atoms with van der Waals surface area (Å²) in [6.07, 6.45) is 9.09. The molecule has 1 aromatic carbocycles. The van der Waals surface area contributed by atoms with Gasteiger partial charge in [-0.3, -0.25) is 14.7 Å². The van der Waals surface area contributed by atoms with Crippen molar-refractivity contribution in [2.24, 2.45) is 5.92 Å². The lowest BCUT2D eigenvalue weighted by Crippen LogP contribution is -2.34. The van der Waals surface area contributed by atoms with Crippen molar-refractivity contribution in [2.75, 3.05) is 25.5 Å². The predicted molar refractivity (Wildman–Crippen MR) is 158 cm³/mol. The average molecular weight is 594 g/mol. The van der Waals surface area contributed by atoms with Gasteiger partial charge in [-0.25, -0.2) is 15.0 Å². The predicted octanol–water partition coefficient (Wildman–Crippen LogP) is 6.42. The van der Waals surface area contributed by atoms with Crippen molar-refractivity contribution < 1.29 is 14.3 Å². The lowest BCUT2D eigenvalue weighted by Gasteiger charge is -2.31. The fraction of sp³-hybridized carbons (Fsp3) is 0.300. The van der Waals surface area contributed by atoms with Crippen molar-refractivity contribution >= 4 is 35.1 Å². The number of rotatable bonds is 10. The van der Waals surface area contributed by atoms with Crippen LogP contribution in [0, 0.1) is 5.92 Å². The highest BCUT2D eigenvalue weighted by Gasteiger charge is 2.22. The van der Waals surface area contributed by atoms with Gasteiger partial charge in [0.1, 0.15) is 0 Å². The number of hydrogen-bond acceptors (Lipinski definition) is 9. The van der Waals surface area contributed by atoms with E-state index in [2.05, 4.69) is 25.2 Å². The van der Waals surface area contributed by atoms with E-state index in [0.717, 1.165) is 42.6 Å². The van der Waals surface area contributed by atoms with Gasteiger partial charge in [0.2, 0.25) is 11.8 Å². The van der Waals surface area contributed by atoms with Gasteiger partial charge in [-0.2, -0.15) is 0 Å². The fourth-order valence-electron chi connectivity index (χ4n) is 4.74. The van der Waals surface area contributed by atoms with Crippen molar-refractivity contribution in [3.8, 4) is 22.9 Å². The summed E-state index contributed by atoms with van der Waals surface area (Å²) in [6, 6.07) is 13.1. The van der Waals surface area contributed by atoms with Crippen molar-refractivity contribution in [3.63, 3.8) is 0 Å². The topological polar surface area (TPSA) is 102 Å². The Morgan fingerprint density at radius 2 is 1.78 bits per heavy atom. The molecule has 212 valence electrons. The minimum Gasteiger partial charge on any atom is -0.469 e. The maximum absolute atomic E-state index is 11.7. The number of pyridine rings is 2. The van der Waals surface area contributed by atoms with E-state index in [-0.39, 0.29) is 5.97 Å². The molecule has 11 heteroatoms. The maximum Gasteiger partial charge on any atom is 0.305 e. The number of halogens is 2. The van der Waals surface area contributed by atoms with Crippen LogP contribution in [0.3, 0.4) is 0 Å². The van der Waals surface area contributed by atoms with E-state index in [9.17, 15) is 4.79 Å². The molecule has 4 heterocycles. The number of aromatic nitrogens is 4. The monoisotopic (exact) mass is 592 g/mol. The number of anilines is 1. The molecule has 1 saturated heterocycles. The number of ether oxygens (including phenoxy) is 2. The Balaban J connectivity index is 1.31. The zero-order valence-electron chi connectivity index (χ0n) is 22.6. The second kappa shape index (κ2) is 13.7. The van der Waals surface area contributed by atoms with Crippen molar-refractivity contribution in [2.45, 2.75) is 32.4 Å². The van der Waals surface area contributed by atoms with Crippen LogP contribution < -0.4 is 10.1 Å². The Morgan fingerprint density at radius 1 is 1.02 bits per heavy atom. The van der Waals surface area contributed by atoms with Crippen molar-refractivity contribution in [1.82, 2.24) is 24.8 Å². The molecule has 0 aliphatic carbocycles. The van der Waals surface area contributed by atoms with Crippen LogP contribution in [0.1, 0.15) is 30.4 Å². The summed E-state index contributed by atoms with van der Waals surface area (Å²) in [7, 11) is 1.44. The van der Waals surface area contributed by atoms with Gasteiger partial charge in [0, 0.05) is 53.6 Å². The van der Waals surface area contributed by atoms with Gasteiger partial charge >= 0.3 is 5.97 Å². The normalized spacial score (nSPS) is 14.0. The number of piperidine rings is 1. The van der Waals surface area contributed by atoms with E-state index in [1.54, 1.807) is 30.9 Å². The summed E-state index contributed by atoms with van der Waals surface area (Å²) in [5.74, 6) is 1.55. The molecule has 41 heavy (non-hydrogen) atoms. The van der Waals surface area contributed by atoms with Gasteiger partial charge in [-0.1, -0.05) is 29.3 Å². The number of esters is 1. The van der Waals surface area contributed by atoms with Crippen LogP contribution in [0.2, 0.25) is 10.0 Å². The minimum absolute atomic E-state index is 0.148. The van der Waals surface area contributed by atoms with E-state index >= 15 is 0 Å². The summed E-state index contributed by atoms with van der Waals surface area (Å²) in [4.78, 5) is 31.6. The molecule has 0 saturated carbocycles. The largest absolute Gasteiger partial charge is 0.469 e. The van der Waals surface area contributed by atoms with Gasteiger partial charge in [0.25, 0.3) is 0 Å². The van der Waals surface area contributed by atoms with Gasteiger partial charge in [0.05, 0.1) is 25.2 Å². The first-order valence-electron chi connectivity index (χ1n) is 13.3. The van der Waals surface area contributed by atoms with Crippen molar-refractivity contribution in [1.29, 1.82) is 0 Å². The third-order valence-electron chi connectivity index (χ3n) is 6.84. The number of methoxy groups -OCH3 is 1. The first-order valence-corrected chi connectivity index (χ1v) is 14.1. The molecule has 3 aromatic heterocycles. The van der Waals surface area contributed by atoms with Gasteiger partial charge in [-0.15, -0.1) is 0 Å². The molecule has 1 aliphatic heterocycles. The number of hydrogen-bond donors (Lipinski definition) is 1. The van der Waals surface area contributed by atoms with E-state index in [4.69, 9.17) is 37.7 Å². The van der Waals surface area contributed by atoms with Crippen molar-refractivity contribution in [3.05, 3.63) is 88.4 Å². The Morgan fingerprint density at radius 3 is 2.46 bits per heavy atom. The SMILES string of the molecule is COC(=O)CC1CCN(Cc2cc(Oc3cnc(NCc4cccnc4)nc3)nc(-c3cc(Cl)cc(Cl)c3)c2)CC1. The molecule has 0 bridgehead atoms. The summed E-state index contributed by atoms with van der Waals surface area (Å²) in [5.41, 5.74) is 3.54. The van der Waals surface area contributed by atoms with Crippen LogP contribution >= 0.6 is 23.2 Å². The van der Waals surface area contributed by atoms with E-state index in [1.807, 2.05) is 36.4 Å². The lowest BCUT2D eigenvalue weighted by molar-refractivity contribution is -0.142. The number of carbonyl (C=O) groups is 1. The summed E-state index contributed by atoms with van der Waals surface area (Å²) in [5, 5.41) is 4.23. The number of benzene rings is 1. The molecule has 1 N–H and O–H groups in total. The molecule has 0 amide bonds. The molecule has 1 aliphatic rings. The Labute approximate surface area is 248 Å². The first-order chi connectivity index (χ1) is 19.9. The molecule has 0 unspecified atom stereocenters. The molecular weight excluding hydrogens is 563 g/mol. The maximum atomic E-state index is 11.7. The molecular formula is C30H30Cl2N6O3. The number of likely N-dealkylation sites (tertiary alicyclic amines) is 1. The zero-order chi connectivity index (χ0) is 28.6. The fourth-order valence-corrected chi connectivity index (χ4v) is 5.27. The van der Waals surface area contributed by atoms with Gasteiger partial charge < -0.3 is 14.8 Å². The van der Waals surface area contributed by atoms with Gasteiger partial charge in [-0.05, 0) is 73.3 Å². The van der Waals surface area contributed by atoms with Crippen LogP contribution in [0.25, 0.3) is 11.3 Å². The van der Waals surface area contributed by atoms with Crippen LogP contribution in [0.15, 0.2) is 67.3 Å². The first kappa shape index (κ1) is 28.7. The molecule has 4 aromatic rings. The number of nitrogens with one attached hydrogen (secondary N) is 1. The van der Waals surface area contributed by atoms with Crippen LogP contribution in [0.4, 0.5) is 5.95 Å². The second-order valence-corrected chi connectivity index (χ2v) is 10.8. The summed E-state index contributed by atoms with van der Waals surface area (Å²) >= 11 is 12.6. The van der Waals surface area contributed by atoms with Crippen LogP contribution in [0.5, 0.6) is 11.6 Å². The lowest BCUT2D eigenvalue weighted by atomic mass is 9.93.